The minimum atomic E-state index is -0.663. The van der Waals surface area contributed by atoms with Crippen LogP contribution < -0.4 is 5.73 Å². The molecule has 2 aliphatic carbocycles. The van der Waals surface area contributed by atoms with Crippen LogP contribution in [0.4, 0.5) is 0 Å². The van der Waals surface area contributed by atoms with Gasteiger partial charge in [0.15, 0.2) is 5.96 Å². The summed E-state index contributed by atoms with van der Waals surface area (Å²) in [4.78, 5) is 37.2. The molecule has 2 aliphatic heterocycles. The van der Waals surface area contributed by atoms with E-state index in [1.165, 1.54) is 64.2 Å². The predicted molar refractivity (Wildman–Crippen MR) is 172 cm³/mol. The monoisotopic (exact) mass is 582 g/mol. The van der Waals surface area contributed by atoms with Crippen LogP contribution in [-0.2, 0) is 9.59 Å². The Kier molecular flexibility index (Phi) is 9.49. The molecule has 0 aromatic heterocycles. The van der Waals surface area contributed by atoms with Gasteiger partial charge in [0.1, 0.15) is 5.54 Å². The standard InChI is InChI=1S/C37H50N4O2/c38-36-39-37(25-28-13-5-1-6-14-28,26-29-15-7-2-8-16-29)35(43)41(36)27-30-21-23-40(24-22-30)34(42)33(31-17-9-3-10-18-31)32-19-11-4-12-20-32/h3-4,9-12,17-20,28-30,33H,1-2,5-8,13-16,21-27H2,(H2,38,39). The van der Waals surface area contributed by atoms with Gasteiger partial charge >= 0.3 is 0 Å². The van der Waals surface area contributed by atoms with Gasteiger partial charge in [0, 0.05) is 19.6 Å². The Morgan fingerprint density at radius 3 is 1.72 bits per heavy atom. The normalized spacial score (nSPS) is 22.3. The lowest BCUT2D eigenvalue weighted by molar-refractivity contribution is -0.135. The zero-order valence-electron chi connectivity index (χ0n) is 25.8. The number of amides is 2. The van der Waals surface area contributed by atoms with Crippen molar-refractivity contribution in [1.82, 2.24) is 9.80 Å². The average molecular weight is 583 g/mol. The van der Waals surface area contributed by atoms with Gasteiger partial charge in [-0.15, -0.1) is 0 Å². The molecule has 6 nitrogen and oxygen atoms in total. The Morgan fingerprint density at radius 1 is 0.744 bits per heavy atom. The van der Waals surface area contributed by atoms with E-state index in [0.717, 1.165) is 36.8 Å². The highest BCUT2D eigenvalue weighted by atomic mass is 16.2. The molecule has 6 heteroatoms. The van der Waals surface area contributed by atoms with E-state index in [1.54, 1.807) is 0 Å². The maximum atomic E-state index is 14.3. The maximum Gasteiger partial charge on any atom is 0.257 e. The minimum absolute atomic E-state index is 0.160. The molecule has 1 saturated heterocycles. The quantitative estimate of drug-likeness (QED) is 0.350. The molecule has 2 aromatic rings. The van der Waals surface area contributed by atoms with E-state index < -0.39 is 5.54 Å². The Hall–Kier alpha value is -3.15. The highest BCUT2D eigenvalue weighted by Crippen LogP contribution is 2.42. The first-order chi connectivity index (χ1) is 21.0. The molecule has 2 N–H and O–H groups in total. The van der Waals surface area contributed by atoms with Crippen LogP contribution in [0.2, 0.25) is 0 Å². The van der Waals surface area contributed by atoms with Crippen LogP contribution in [0.3, 0.4) is 0 Å². The zero-order valence-corrected chi connectivity index (χ0v) is 25.8. The van der Waals surface area contributed by atoms with Gasteiger partial charge in [-0.2, -0.15) is 0 Å². The largest absolute Gasteiger partial charge is 0.369 e. The molecule has 0 spiro atoms. The predicted octanol–water partition coefficient (Wildman–Crippen LogP) is 6.89. The van der Waals surface area contributed by atoms with Crippen molar-refractivity contribution in [2.75, 3.05) is 19.6 Å². The lowest BCUT2D eigenvalue weighted by atomic mass is 9.73. The highest BCUT2D eigenvalue weighted by Gasteiger charge is 2.50. The molecule has 0 unspecified atom stereocenters. The number of nitrogens with two attached hydrogens (primary N) is 1. The van der Waals surface area contributed by atoms with Crippen LogP contribution in [0.25, 0.3) is 0 Å². The van der Waals surface area contributed by atoms with Gasteiger partial charge in [-0.1, -0.05) is 125 Å². The lowest BCUT2D eigenvalue weighted by Crippen LogP contribution is -2.49. The molecular formula is C37H50N4O2. The summed E-state index contributed by atoms with van der Waals surface area (Å²) in [5, 5.41) is 0. The molecule has 43 heavy (non-hydrogen) atoms. The van der Waals surface area contributed by atoms with Crippen molar-refractivity contribution in [2.24, 2.45) is 28.5 Å². The number of likely N-dealkylation sites (tertiary alicyclic amines) is 1. The van der Waals surface area contributed by atoms with Crippen molar-refractivity contribution in [2.45, 2.75) is 101 Å². The molecule has 0 radical (unpaired) electrons. The first-order valence-electron chi connectivity index (χ1n) is 17.1. The molecule has 0 bridgehead atoms. The second-order valence-corrected chi connectivity index (χ2v) is 13.9. The lowest BCUT2D eigenvalue weighted by Gasteiger charge is -2.37. The summed E-state index contributed by atoms with van der Waals surface area (Å²) in [6.07, 6.45) is 16.1. The van der Waals surface area contributed by atoms with Crippen molar-refractivity contribution in [1.29, 1.82) is 0 Å². The van der Waals surface area contributed by atoms with Crippen LogP contribution in [0.1, 0.15) is 107 Å². The fourth-order valence-electron chi connectivity index (χ4n) is 8.49. The summed E-state index contributed by atoms with van der Waals surface area (Å²) < 4.78 is 0. The van der Waals surface area contributed by atoms with Crippen LogP contribution >= 0.6 is 0 Å². The van der Waals surface area contributed by atoms with E-state index in [-0.39, 0.29) is 17.7 Å². The molecule has 230 valence electrons. The van der Waals surface area contributed by atoms with Crippen LogP contribution in [0, 0.1) is 17.8 Å². The maximum absolute atomic E-state index is 14.3. The zero-order chi connectivity index (χ0) is 29.6. The second-order valence-electron chi connectivity index (χ2n) is 13.9. The summed E-state index contributed by atoms with van der Waals surface area (Å²) in [5.74, 6) is 1.92. The van der Waals surface area contributed by atoms with E-state index in [2.05, 4.69) is 24.3 Å². The Balaban J connectivity index is 1.11. The van der Waals surface area contributed by atoms with Gasteiger partial charge in [0.25, 0.3) is 5.91 Å². The van der Waals surface area contributed by atoms with Crippen LogP contribution in [-0.4, -0.2) is 52.7 Å². The molecule has 4 aliphatic rings. The third-order valence-electron chi connectivity index (χ3n) is 10.8. The second kappa shape index (κ2) is 13.7. The average Bonchev–Trinajstić information content (AvgIpc) is 3.27. The first-order valence-corrected chi connectivity index (χ1v) is 17.1. The third kappa shape index (κ3) is 6.84. The summed E-state index contributed by atoms with van der Waals surface area (Å²) in [5.41, 5.74) is 8.00. The molecule has 2 heterocycles. The van der Waals surface area contributed by atoms with Gasteiger partial charge in [0.2, 0.25) is 5.91 Å². The van der Waals surface area contributed by atoms with Gasteiger partial charge in [-0.05, 0) is 54.6 Å². The fourth-order valence-corrected chi connectivity index (χ4v) is 8.49. The van der Waals surface area contributed by atoms with Gasteiger partial charge < -0.3 is 10.6 Å². The molecule has 0 atom stereocenters. The van der Waals surface area contributed by atoms with Crippen molar-refractivity contribution >= 4 is 17.8 Å². The first kappa shape index (κ1) is 29.9. The highest BCUT2D eigenvalue weighted by molar-refractivity contribution is 6.06. The fraction of sp³-hybridized carbons (Fsp3) is 0.595. The molecule has 2 saturated carbocycles. The number of nitrogens with zero attached hydrogens (tertiary/aromatic N) is 3. The molecule has 3 fully saturated rings. The van der Waals surface area contributed by atoms with E-state index >= 15 is 0 Å². The number of carbonyl (C=O) groups excluding carboxylic acids is 2. The number of hydrogen-bond acceptors (Lipinski definition) is 4. The van der Waals surface area contributed by atoms with Crippen molar-refractivity contribution in [3.05, 3.63) is 71.8 Å². The summed E-state index contributed by atoms with van der Waals surface area (Å²) in [6.45, 7) is 2.02. The van der Waals surface area contributed by atoms with Gasteiger partial charge in [-0.3, -0.25) is 14.5 Å². The molecule has 6 rings (SSSR count). The van der Waals surface area contributed by atoms with E-state index in [9.17, 15) is 9.59 Å². The Bertz CT molecular complexity index is 1180. The SMILES string of the molecule is NC1=NC(CC2CCCCC2)(CC2CCCCC2)C(=O)N1CC1CCN(C(=O)C(c2ccccc2)c2ccccc2)CC1. The number of benzene rings is 2. The van der Waals surface area contributed by atoms with Crippen molar-refractivity contribution in [3.63, 3.8) is 0 Å². The number of guanidine groups is 1. The van der Waals surface area contributed by atoms with Crippen molar-refractivity contribution in [3.8, 4) is 0 Å². The van der Waals surface area contributed by atoms with E-state index in [4.69, 9.17) is 10.7 Å². The van der Waals surface area contributed by atoms with Gasteiger partial charge in [0.05, 0.1) is 5.92 Å². The molecule has 2 amide bonds. The number of piperidine rings is 1. The Labute approximate surface area is 258 Å². The smallest absolute Gasteiger partial charge is 0.257 e. The topological polar surface area (TPSA) is 79.0 Å². The number of rotatable bonds is 9. The van der Waals surface area contributed by atoms with E-state index in [1.807, 2.05) is 46.2 Å². The van der Waals surface area contributed by atoms with Crippen LogP contribution in [0.5, 0.6) is 0 Å². The molecule has 2 aromatic carbocycles. The van der Waals surface area contributed by atoms with Crippen molar-refractivity contribution < 1.29 is 9.59 Å². The summed E-state index contributed by atoms with van der Waals surface area (Å²) >= 11 is 0. The number of carbonyl (C=O) groups is 2. The van der Waals surface area contributed by atoms with E-state index in [0.29, 0.717) is 43.3 Å². The summed E-state index contributed by atoms with van der Waals surface area (Å²) in [6, 6.07) is 20.2. The van der Waals surface area contributed by atoms with Crippen LogP contribution in [0.15, 0.2) is 65.7 Å². The third-order valence-corrected chi connectivity index (χ3v) is 10.8. The summed E-state index contributed by atoms with van der Waals surface area (Å²) in [7, 11) is 0. The Morgan fingerprint density at radius 2 is 1.23 bits per heavy atom. The molecular weight excluding hydrogens is 532 g/mol. The number of aliphatic imine (C=N–C) groups is 1. The van der Waals surface area contributed by atoms with Gasteiger partial charge in [-0.25, -0.2) is 4.99 Å². The number of hydrogen-bond donors (Lipinski definition) is 1. The minimum Gasteiger partial charge on any atom is -0.369 e.